The van der Waals surface area contributed by atoms with Gasteiger partial charge in [0.2, 0.25) is 0 Å². The molecule has 2 N–H and O–H groups in total. The van der Waals surface area contributed by atoms with E-state index in [0.717, 1.165) is 10.8 Å². The number of halogens is 1. The first kappa shape index (κ1) is 17.9. The molecule has 5 heteroatoms. The summed E-state index contributed by atoms with van der Waals surface area (Å²) < 4.78 is 6.44. The third kappa shape index (κ3) is 7.04. The van der Waals surface area contributed by atoms with Crippen molar-refractivity contribution in [3.05, 3.63) is 21.3 Å². The van der Waals surface area contributed by atoms with E-state index in [9.17, 15) is 5.11 Å². The quantitative estimate of drug-likeness (QED) is 0.726. The first-order valence-electron chi connectivity index (χ1n) is 7.16. The monoisotopic (exact) mass is 319 g/mol. The highest BCUT2D eigenvalue weighted by molar-refractivity contribution is 7.16. The molecule has 1 rings (SSSR count). The number of hydrogen-bond acceptors (Lipinski definition) is 4. The van der Waals surface area contributed by atoms with Crippen LogP contribution in [-0.2, 0) is 4.74 Å². The molecule has 20 heavy (non-hydrogen) atoms. The Morgan fingerprint density at radius 2 is 2.00 bits per heavy atom. The standard InChI is InChI=1S/C15H26ClNO2S/c1-10(2)7-11(3)19-9-13(18)8-17-12(4)14-5-6-15(16)20-14/h5-6,10-13,17-18H,7-9H2,1-4H3. The minimum Gasteiger partial charge on any atom is -0.389 e. The Kier molecular flexibility index (Phi) is 8.07. The Morgan fingerprint density at radius 1 is 1.30 bits per heavy atom. The van der Waals surface area contributed by atoms with E-state index < -0.39 is 6.10 Å². The molecule has 0 spiro atoms. The van der Waals surface area contributed by atoms with Crippen LogP contribution >= 0.6 is 22.9 Å². The first-order chi connectivity index (χ1) is 9.38. The van der Waals surface area contributed by atoms with Crippen molar-refractivity contribution in [3.8, 4) is 0 Å². The van der Waals surface area contributed by atoms with Crippen LogP contribution in [0.5, 0.6) is 0 Å². The van der Waals surface area contributed by atoms with Crippen LogP contribution in [0.4, 0.5) is 0 Å². The second kappa shape index (κ2) is 9.00. The molecule has 0 bridgehead atoms. The highest BCUT2D eigenvalue weighted by Crippen LogP contribution is 2.26. The molecule has 0 saturated heterocycles. The normalized spacial score (nSPS) is 16.4. The molecule has 3 atom stereocenters. The molecule has 3 nitrogen and oxygen atoms in total. The van der Waals surface area contributed by atoms with Gasteiger partial charge in [0.1, 0.15) is 0 Å². The maximum Gasteiger partial charge on any atom is 0.0931 e. The van der Waals surface area contributed by atoms with Gasteiger partial charge in [0.15, 0.2) is 0 Å². The van der Waals surface area contributed by atoms with E-state index in [1.165, 1.54) is 4.88 Å². The smallest absolute Gasteiger partial charge is 0.0931 e. The van der Waals surface area contributed by atoms with Crippen LogP contribution in [0.25, 0.3) is 0 Å². The summed E-state index contributed by atoms with van der Waals surface area (Å²) in [5.41, 5.74) is 0. The third-order valence-corrected chi connectivity index (χ3v) is 4.47. The van der Waals surface area contributed by atoms with E-state index in [1.54, 1.807) is 11.3 Å². The molecule has 0 saturated carbocycles. The zero-order chi connectivity index (χ0) is 15.1. The van der Waals surface area contributed by atoms with Crippen molar-refractivity contribution in [3.63, 3.8) is 0 Å². The molecule has 0 aliphatic rings. The molecule has 1 aromatic heterocycles. The van der Waals surface area contributed by atoms with Gasteiger partial charge in [-0.25, -0.2) is 0 Å². The molecule has 0 aliphatic carbocycles. The van der Waals surface area contributed by atoms with Crippen LogP contribution in [-0.4, -0.2) is 30.5 Å². The summed E-state index contributed by atoms with van der Waals surface area (Å²) in [4.78, 5) is 1.18. The minimum atomic E-state index is -0.484. The van der Waals surface area contributed by atoms with Gasteiger partial charge in [-0.3, -0.25) is 0 Å². The lowest BCUT2D eigenvalue weighted by molar-refractivity contribution is -0.00911. The fourth-order valence-corrected chi connectivity index (χ4v) is 3.13. The van der Waals surface area contributed by atoms with Gasteiger partial charge in [0.25, 0.3) is 0 Å². The zero-order valence-corrected chi connectivity index (χ0v) is 14.3. The van der Waals surface area contributed by atoms with Crippen molar-refractivity contribution in [2.45, 2.75) is 52.4 Å². The number of ether oxygens (including phenoxy) is 1. The lowest BCUT2D eigenvalue weighted by atomic mass is 10.1. The molecular formula is C15H26ClNO2S. The summed E-state index contributed by atoms with van der Waals surface area (Å²) in [5.74, 6) is 0.615. The zero-order valence-electron chi connectivity index (χ0n) is 12.7. The molecule has 0 aromatic carbocycles. The molecule has 0 fully saturated rings. The predicted molar refractivity (Wildman–Crippen MR) is 86.6 cm³/mol. The summed E-state index contributed by atoms with van der Waals surface area (Å²) in [5, 5.41) is 13.2. The van der Waals surface area contributed by atoms with Crippen LogP contribution in [0.15, 0.2) is 12.1 Å². The van der Waals surface area contributed by atoms with Gasteiger partial charge in [-0.05, 0) is 38.3 Å². The van der Waals surface area contributed by atoms with Crippen molar-refractivity contribution >= 4 is 22.9 Å². The number of rotatable bonds is 9. The van der Waals surface area contributed by atoms with E-state index in [0.29, 0.717) is 19.1 Å². The van der Waals surface area contributed by atoms with Crippen LogP contribution in [0.1, 0.15) is 45.0 Å². The predicted octanol–water partition coefficient (Wildman–Crippen LogP) is 3.86. The Morgan fingerprint density at radius 3 is 2.55 bits per heavy atom. The Hall–Kier alpha value is -0.130. The van der Waals surface area contributed by atoms with E-state index in [1.807, 2.05) is 12.1 Å². The average Bonchev–Trinajstić information content (AvgIpc) is 2.79. The number of hydrogen-bond donors (Lipinski definition) is 2. The highest BCUT2D eigenvalue weighted by atomic mass is 35.5. The van der Waals surface area contributed by atoms with Crippen LogP contribution in [0, 0.1) is 5.92 Å². The van der Waals surface area contributed by atoms with E-state index in [-0.39, 0.29) is 12.1 Å². The van der Waals surface area contributed by atoms with Gasteiger partial charge in [-0.15, -0.1) is 11.3 Å². The topological polar surface area (TPSA) is 41.5 Å². The summed E-state index contributed by atoms with van der Waals surface area (Å²) >= 11 is 7.48. The summed E-state index contributed by atoms with van der Waals surface area (Å²) in [6.45, 7) is 9.36. The van der Waals surface area contributed by atoms with Gasteiger partial charge in [-0.1, -0.05) is 25.4 Å². The molecule has 0 amide bonds. The first-order valence-corrected chi connectivity index (χ1v) is 8.36. The Bertz CT molecular complexity index is 384. The summed E-state index contributed by atoms with van der Waals surface area (Å²) in [7, 11) is 0. The molecule has 0 radical (unpaired) electrons. The lowest BCUT2D eigenvalue weighted by Crippen LogP contribution is -2.33. The average molecular weight is 320 g/mol. The summed E-state index contributed by atoms with van der Waals surface area (Å²) in [6, 6.07) is 4.10. The van der Waals surface area contributed by atoms with Crippen molar-refractivity contribution in [2.24, 2.45) is 5.92 Å². The third-order valence-electron chi connectivity index (χ3n) is 3.06. The number of thiophene rings is 1. The lowest BCUT2D eigenvalue weighted by Gasteiger charge is -2.19. The minimum absolute atomic E-state index is 0.190. The maximum absolute atomic E-state index is 9.92. The summed E-state index contributed by atoms with van der Waals surface area (Å²) in [6.07, 6.45) is 0.727. The SMILES string of the molecule is CC(C)CC(C)OCC(O)CNC(C)c1ccc(Cl)s1. The van der Waals surface area contributed by atoms with Crippen LogP contribution in [0.3, 0.4) is 0 Å². The van der Waals surface area contributed by atoms with Gasteiger partial charge in [-0.2, -0.15) is 0 Å². The van der Waals surface area contributed by atoms with Gasteiger partial charge >= 0.3 is 0 Å². The van der Waals surface area contributed by atoms with Crippen molar-refractivity contribution in [1.29, 1.82) is 0 Å². The molecular weight excluding hydrogens is 294 g/mol. The van der Waals surface area contributed by atoms with Crippen LogP contribution in [0.2, 0.25) is 4.34 Å². The van der Waals surface area contributed by atoms with Crippen molar-refractivity contribution < 1.29 is 9.84 Å². The largest absolute Gasteiger partial charge is 0.389 e. The number of nitrogens with one attached hydrogen (secondary N) is 1. The van der Waals surface area contributed by atoms with E-state index in [4.69, 9.17) is 16.3 Å². The molecule has 0 aliphatic heterocycles. The van der Waals surface area contributed by atoms with Gasteiger partial charge < -0.3 is 15.2 Å². The van der Waals surface area contributed by atoms with Gasteiger partial charge in [0.05, 0.1) is 23.2 Å². The fourth-order valence-electron chi connectivity index (χ4n) is 2.04. The second-order valence-corrected chi connectivity index (χ2v) is 7.45. The fraction of sp³-hybridized carbons (Fsp3) is 0.733. The molecule has 1 heterocycles. The van der Waals surface area contributed by atoms with Crippen LogP contribution < -0.4 is 5.32 Å². The number of aliphatic hydroxyl groups excluding tert-OH is 1. The van der Waals surface area contributed by atoms with E-state index >= 15 is 0 Å². The highest BCUT2D eigenvalue weighted by Gasteiger charge is 2.12. The van der Waals surface area contributed by atoms with Crippen molar-refractivity contribution in [2.75, 3.05) is 13.2 Å². The molecule has 3 unspecified atom stereocenters. The second-order valence-electron chi connectivity index (χ2n) is 5.70. The maximum atomic E-state index is 9.92. The molecule has 1 aromatic rings. The number of aliphatic hydroxyl groups is 1. The molecule has 116 valence electrons. The Balaban J connectivity index is 2.21. The van der Waals surface area contributed by atoms with Crippen molar-refractivity contribution in [1.82, 2.24) is 5.32 Å². The van der Waals surface area contributed by atoms with E-state index in [2.05, 4.69) is 33.0 Å². The Labute approximate surface area is 131 Å². The van der Waals surface area contributed by atoms with Gasteiger partial charge in [0, 0.05) is 17.5 Å².